The summed E-state index contributed by atoms with van der Waals surface area (Å²) in [6.45, 7) is 12.1. The molecule has 1 atom stereocenters. The van der Waals surface area contributed by atoms with Crippen molar-refractivity contribution in [3.05, 3.63) is 0 Å². The highest BCUT2D eigenvalue weighted by Gasteiger charge is 2.39. The van der Waals surface area contributed by atoms with Crippen molar-refractivity contribution in [2.75, 3.05) is 13.6 Å². The van der Waals surface area contributed by atoms with Crippen LogP contribution in [0, 0.1) is 16.7 Å². The lowest BCUT2D eigenvalue weighted by molar-refractivity contribution is -0.155. The zero-order chi connectivity index (χ0) is 14.7. The number of hydrogen-bond acceptors (Lipinski definition) is 2. The zero-order valence-corrected chi connectivity index (χ0v) is 12.7. The summed E-state index contributed by atoms with van der Waals surface area (Å²) in [6.07, 6.45) is 0.0482. The molecule has 0 aliphatic rings. The fourth-order valence-electron chi connectivity index (χ4n) is 1.78. The Bertz CT molecular complexity index is 317. The van der Waals surface area contributed by atoms with Gasteiger partial charge in [0.1, 0.15) is 0 Å². The van der Waals surface area contributed by atoms with Crippen LogP contribution in [-0.2, 0) is 9.59 Å². The van der Waals surface area contributed by atoms with Gasteiger partial charge in [0.2, 0.25) is 5.91 Å². The molecule has 106 valence electrons. The van der Waals surface area contributed by atoms with E-state index in [9.17, 15) is 14.7 Å². The van der Waals surface area contributed by atoms with Gasteiger partial charge in [-0.3, -0.25) is 9.59 Å². The third-order valence-electron chi connectivity index (χ3n) is 3.42. The molecule has 0 saturated heterocycles. The summed E-state index contributed by atoms with van der Waals surface area (Å²) < 4.78 is 0. The van der Waals surface area contributed by atoms with Crippen LogP contribution in [0.1, 0.15) is 48.0 Å². The Morgan fingerprint density at radius 2 is 1.61 bits per heavy atom. The average molecular weight is 257 g/mol. The largest absolute Gasteiger partial charge is 0.481 e. The molecule has 0 aromatic carbocycles. The highest BCUT2D eigenvalue weighted by molar-refractivity contribution is 5.84. The number of carboxylic acid groups (broad SMARTS) is 1. The molecule has 0 spiro atoms. The monoisotopic (exact) mass is 257 g/mol. The van der Waals surface area contributed by atoms with Gasteiger partial charge in [0.05, 0.1) is 5.41 Å². The van der Waals surface area contributed by atoms with Crippen LogP contribution in [0.2, 0.25) is 0 Å². The molecule has 18 heavy (non-hydrogen) atoms. The van der Waals surface area contributed by atoms with Crippen molar-refractivity contribution in [2.24, 2.45) is 16.7 Å². The molecule has 0 heterocycles. The number of carbonyl (C=O) groups is 2. The average Bonchev–Trinajstić information content (AvgIpc) is 2.13. The van der Waals surface area contributed by atoms with E-state index in [1.165, 1.54) is 0 Å². The fourth-order valence-corrected chi connectivity index (χ4v) is 1.78. The summed E-state index contributed by atoms with van der Waals surface area (Å²) in [5.74, 6) is -1.10. The second kappa shape index (κ2) is 5.72. The maximum absolute atomic E-state index is 12.1. The van der Waals surface area contributed by atoms with Crippen LogP contribution in [0.4, 0.5) is 0 Å². The Kier molecular flexibility index (Phi) is 5.38. The Morgan fingerprint density at radius 1 is 1.17 bits per heavy atom. The van der Waals surface area contributed by atoms with Crippen LogP contribution in [0.25, 0.3) is 0 Å². The minimum Gasteiger partial charge on any atom is -0.481 e. The lowest BCUT2D eigenvalue weighted by atomic mass is 9.76. The number of rotatable bonds is 5. The van der Waals surface area contributed by atoms with Gasteiger partial charge in [0.25, 0.3) is 0 Å². The van der Waals surface area contributed by atoms with Crippen molar-refractivity contribution >= 4 is 11.9 Å². The molecule has 0 saturated carbocycles. The van der Waals surface area contributed by atoms with Crippen LogP contribution < -0.4 is 0 Å². The van der Waals surface area contributed by atoms with E-state index in [1.54, 1.807) is 18.9 Å². The number of carbonyl (C=O) groups excluding carboxylic acids is 1. The van der Waals surface area contributed by atoms with Crippen molar-refractivity contribution in [1.29, 1.82) is 0 Å². The predicted molar refractivity (Wildman–Crippen MR) is 72.3 cm³/mol. The lowest BCUT2D eigenvalue weighted by Gasteiger charge is -2.32. The van der Waals surface area contributed by atoms with Crippen molar-refractivity contribution in [3.63, 3.8) is 0 Å². The first-order valence-corrected chi connectivity index (χ1v) is 6.37. The van der Waals surface area contributed by atoms with Crippen molar-refractivity contribution in [2.45, 2.75) is 48.0 Å². The molecule has 1 amide bonds. The molecule has 1 unspecified atom stereocenters. The molecule has 1 N–H and O–H groups in total. The zero-order valence-electron chi connectivity index (χ0n) is 12.7. The van der Waals surface area contributed by atoms with E-state index in [1.807, 2.05) is 13.8 Å². The van der Waals surface area contributed by atoms with Gasteiger partial charge >= 0.3 is 5.97 Å². The van der Waals surface area contributed by atoms with E-state index in [4.69, 9.17) is 0 Å². The maximum atomic E-state index is 12.1. The van der Waals surface area contributed by atoms with E-state index in [-0.39, 0.29) is 23.7 Å². The van der Waals surface area contributed by atoms with E-state index >= 15 is 0 Å². The standard InChI is InChI=1S/C14H27NO3/c1-10(2)14(6,12(17)18)8-11(16)15(7)9-13(3,4)5/h10H,8-9H2,1-7H3,(H,17,18). The molecular formula is C14H27NO3. The van der Waals surface area contributed by atoms with Gasteiger partial charge in [-0.2, -0.15) is 0 Å². The highest BCUT2D eigenvalue weighted by atomic mass is 16.4. The van der Waals surface area contributed by atoms with Gasteiger partial charge in [-0.25, -0.2) is 0 Å². The lowest BCUT2D eigenvalue weighted by Crippen LogP contribution is -2.41. The molecule has 0 bridgehead atoms. The molecular weight excluding hydrogens is 230 g/mol. The molecule has 0 radical (unpaired) electrons. The maximum Gasteiger partial charge on any atom is 0.310 e. The Morgan fingerprint density at radius 3 is 1.89 bits per heavy atom. The summed E-state index contributed by atoms with van der Waals surface area (Å²) in [4.78, 5) is 25.1. The van der Waals surface area contributed by atoms with E-state index in [0.717, 1.165) is 0 Å². The van der Waals surface area contributed by atoms with Gasteiger partial charge < -0.3 is 10.0 Å². The minimum absolute atomic E-state index is 0.0157. The third kappa shape index (κ3) is 4.67. The van der Waals surface area contributed by atoms with Gasteiger partial charge in [-0.15, -0.1) is 0 Å². The number of hydrogen-bond donors (Lipinski definition) is 1. The van der Waals surface area contributed by atoms with Crippen LogP contribution in [-0.4, -0.2) is 35.5 Å². The second-order valence-corrected chi connectivity index (χ2v) is 6.86. The van der Waals surface area contributed by atoms with E-state index in [2.05, 4.69) is 20.8 Å². The van der Waals surface area contributed by atoms with Gasteiger partial charge in [0, 0.05) is 20.0 Å². The number of nitrogens with zero attached hydrogens (tertiary/aromatic N) is 1. The van der Waals surface area contributed by atoms with Gasteiger partial charge in [-0.1, -0.05) is 34.6 Å². The number of aliphatic carboxylic acids is 1. The number of amides is 1. The summed E-state index contributed by atoms with van der Waals surface area (Å²) in [5, 5.41) is 9.30. The molecule has 4 nitrogen and oxygen atoms in total. The Labute approximate surface area is 110 Å². The smallest absolute Gasteiger partial charge is 0.310 e. The van der Waals surface area contributed by atoms with Gasteiger partial charge in [-0.05, 0) is 18.3 Å². The van der Waals surface area contributed by atoms with Crippen LogP contribution in [0.15, 0.2) is 0 Å². The Balaban J connectivity index is 4.78. The summed E-state index contributed by atoms with van der Waals surface area (Å²) in [5.41, 5.74) is -0.981. The summed E-state index contributed by atoms with van der Waals surface area (Å²) in [7, 11) is 1.73. The summed E-state index contributed by atoms with van der Waals surface area (Å²) >= 11 is 0. The molecule has 0 aliphatic heterocycles. The van der Waals surface area contributed by atoms with E-state index < -0.39 is 11.4 Å². The van der Waals surface area contributed by atoms with Crippen molar-refractivity contribution < 1.29 is 14.7 Å². The highest BCUT2D eigenvalue weighted by Crippen LogP contribution is 2.32. The first kappa shape index (κ1) is 16.9. The fraction of sp³-hybridized carbons (Fsp3) is 0.857. The van der Waals surface area contributed by atoms with Crippen molar-refractivity contribution in [3.8, 4) is 0 Å². The van der Waals surface area contributed by atoms with E-state index in [0.29, 0.717) is 6.54 Å². The van der Waals surface area contributed by atoms with Crippen LogP contribution in [0.3, 0.4) is 0 Å². The second-order valence-electron chi connectivity index (χ2n) is 6.86. The normalized spacial score (nSPS) is 15.3. The molecule has 4 heteroatoms. The molecule has 0 aliphatic carbocycles. The topological polar surface area (TPSA) is 57.6 Å². The first-order chi connectivity index (χ1) is 7.90. The SMILES string of the molecule is CC(C)C(C)(CC(=O)N(C)CC(C)(C)C)C(=O)O. The van der Waals surface area contributed by atoms with Crippen molar-refractivity contribution in [1.82, 2.24) is 4.90 Å². The quantitative estimate of drug-likeness (QED) is 0.823. The van der Waals surface area contributed by atoms with Crippen LogP contribution >= 0.6 is 0 Å². The first-order valence-electron chi connectivity index (χ1n) is 6.37. The van der Waals surface area contributed by atoms with Gasteiger partial charge in [0.15, 0.2) is 0 Å². The molecule has 0 fully saturated rings. The molecule has 0 aromatic heterocycles. The Hall–Kier alpha value is -1.06. The number of carboxylic acids is 1. The summed E-state index contributed by atoms with van der Waals surface area (Å²) in [6, 6.07) is 0. The van der Waals surface area contributed by atoms with Crippen LogP contribution in [0.5, 0.6) is 0 Å². The molecule has 0 aromatic rings. The third-order valence-corrected chi connectivity index (χ3v) is 3.42. The minimum atomic E-state index is -0.997. The predicted octanol–water partition coefficient (Wildman–Crippen LogP) is 2.63. The molecule has 0 rings (SSSR count).